The molecule has 1 atom stereocenters. The summed E-state index contributed by atoms with van der Waals surface area (Å²) in [4.78, 5) is 22.2. The van der Waals surface area contributed by atoms with Crippen LogP contribution in [0.2, 0.25) is 0 Å². The number of hydrogen-bond acceptors (Lipinski definition) is 7. The van der Waals surface area contributed by atoms with Crippen molar-refractivity contribution in [1.82, 2.24) is 19.7 Å². The summed E-state index contributed by atoms with van der Waals surface area (Å²) in [6.07, 6.45) is 3.47. The lowest BCUT2D eigenvalue weighted by atomic mass is 9.89. The van der Waals surface area contributed by atoms with Crippen LogP contribution in [0.5, 0.6) is 0 Å². The van der Waals surface area contributed by atoms with Crippen molar-refractivity contribution in [3.05, 3.63) is 52.9 Å². The number of hydrogen-bond donors (Lipinski definition) is 2. The highest BCUT2D eigenvalue weighted by Crippen LogP contribution is 2.35. The fourth-order valence-electron chi connectivity index (χ4n) is 4.47. The fraction of sp³-hybridized carbons (Fsp3) is 0.333. The number of nitriles is 1. The van der Waals surface area contributed by atoms with Crippen molar-refractivity contribution in [1.29, 1.82) is 5.26 Å². The lowest BCUT2D eigenvalue weighted by Crippen LogP contribution is -2.42. The number of pyridine rings is 2. The number of H-pyrrole nitrogens is 1. The minimum atomic E-state index is -0.602. The molecule has 0 spiro atoms. The summed E-state index contributed by atoms with van der Waals surface area (Å²) in [5.74, 6) is 1.34. The van der Waals surface area contributed by atoms with E-state index in [1.165, 1.54) is 0 Å². The van der Waals surface area contributed by atoms with Gasteiger partial charge in [-0.1, -0.05) is 0 Å². The third-order valence-electron chi connectivity index (χ3n) is 6.16. The smallest absolute Gasteiger partial charge is 0.261 e. The zero-order valence-electron chi connectivity index (χ0n) is 18.6. The normalized spacial score (nSPS) is 18.3. The third-order valence-corrected chi connectivity index (χ3v) is 6.16. The Bertz CT molecular complexity index is 1420. The van der Waals surface area contributed by atoms with Gasteiger partial charge in [0.2, 0.25) is 0 Å². The molecule has 5 rings (SSSR count). The van der Waals surface area contributed by atoms with Crippen LogP contribution >= 0.6 is 0 Å². The molecule has 9 nitrogen and oxygen atoms in total. The van der Waals surface area contributed by atoms with Gasteiger partial charge in [-0.15, -0.1) is 0 Å². The Morgan fingerprint density at radius 1 is 1.30 bits per heavy atom. The first kappa shape index (κ1) is 21.0. The highest BCUT2D eigenvalue weighted by Gasteiger charge is 2.38. The van der Waals surface area contributed by atoms with Crippen molar-refractivity contribution in [3.63, 3.8) is 0 Å². The monoisotopic (exact) mass is 443 g/mol. The molecular formula is C24H25N7O2. The van der Waals surface area contributed by atoms with E-state index in [-0.39, 0.29) is 12.0 Å². The summed E-state index contributed by atoms with van der Waals surface area (Å²) in [7, 11) is 3.92. The zero-order chi connectivity index (χ0) is 23.0. The maximum atomic E-state index is 12.8. The van der Waals surface area contributed by atoms with Gasteiger partial charge in [0.1, 0.15) is 11.2 Å². The molecule has 4 heterocycles. The van der Waals surface area contributed by atoms with E-state index in [4.69, 9.17) is 9.84 Å². The summed E-state index contributed by atoms with van der Waals surface area (Å²) in [5, 5.41) is 19.1. The average Bonchev–Trinajstić information content (AvgIpc) is 3.19. The van der Waals surface area contributed by atoms with E-state index in [2.05, 4.69) is 21.4 Å². The van der Waals surface area contributed by atoms with Gasteiger partial charge in [0.05, 0.1) is 35.7 Å². The van der Waals surface area contributed by atoms with Crippen molar-refractivity contribution in [2.45, 2.75) is 24.8 Å². The van der Waals surface area contributed by atoms with Gasteiger partial charge < -0.3 is 19.9 Å². The van der Waals surface area contributed by atoms with Crippen molar-refractivity contribution in [3.8, 4) is 6.07 Å². The number of nitrogens with one attached hydrogen (secondary N) is 2. The fourth-order valence-corrected chi connectivity index (χ4v) is 4.47. The highest BCUT2D eigenvalue weighted by molar-refractivity contribution is 5.92. The molecule has 1 aliphatic rings. The Morgan fingerprint density at radius 3 is 2.94 bits per heavy atom. The molecule has 0 bridgehead atoms. The lowest BCUT2D eigenvalue weighted by Gasteiger charge is -2.35. The summed E-state index contributed by atoms with van der Waals surface area (Å²) in [5.41, 5.74) is 1.52. The number of ether oxygens (including phenoxy) is 1. The van der Waals surface area contributed by atoms with E-state index in [0.29, 0.717) is 29.9 Å². The quantitative estimate of drug-likeness (QED) is 0.485. The molecule has 0 amide bonds. The Hall–Kier alpha value is -3.90. The topological polar surface area (TPSA) is 112 Å². The number of benzene rings is 1. The van der Waals surface area contributed by atoms with Crippen LogP contribution in [0, 0.1) is 11.3 Å². The van der Waals surface area contributed by atoms with E-state index in [1.807, 2.05) is 60.1 Å². The van der Waals surface area contributed by atoms with Crippen LogP contribution in [0.4, 0.5) is 17.3 Å². The second kappa shape index (κ2) is 8.22. The van der Waals surface area contributed by atoms with E-state index in [9.17, 15) is 10.1 Å². The van der Waals surface area contributed by atoms with Gasteiger partial charge in [-0.2, -0.15) is 10.4 Å². The van der Waals surface area contributed by atoms with Crippen molar-refractivity contribution in [2.75, 3.05) is 37.5 Å². The van der Waals surface area contributed by atoms with Gasteiger partial charge in [-0.05, 0) is 49.2 Å². The van der Waals surface area contributed by atoms with Gasteiger partial charge in [-0.25, -0.2) is 4.98 Å². The van der Waals surface area contributed by atoms with E-state index < -0.39 is 5.54 Å². The molecule has 0 aliphatic carbocycles. The van der Waals surface area contributed by atoms with Crippen LogP contribution in [-0.4, -0.2) is 47.1 Å². The van der Waals surface area contributed by atoms with Gasteiger partial charge in [0.25, 0.3) is 5.56 Å². The largest absolute Gasteiger partial charge is 0.379 e. The van der Waals surface area contributed by atoms with E-state index in [0.717, 1.165) is 35.2 Å². The molecule has 1 aliphatic heterocycles. The number of aromatic amines is 1. The van der Waals surface area contributed by atoms with E-state index in [1.54, 1.807) is 6.20 Å². The van der Waals surface area contributed by atoms with Crippen LogP contribution in [0.15, 0.2) is 47.4 Å². The molecule has 1 aromatic carbocycles. The Labute approximate surface area is 190 Å². The summed E-state index contributed by atoms with van der Waals surface area (Å²) >= 11 is 0. The molecule has 0 radical (unpaired) electrons. The maximum Gasteiger partial charge on any atom is 0.261 e. The number of aromatic nitrogens is 4. The lowest BCUT2D eigenvalue weighted by molar-refractivity contribution is -0.00174. The predicted molar refractivity (Wildman–Crippen MR) is 128 cm³/mol. The van der Waals surface area contributed by atoms with Crippen LogP contribution < -0.4 is 15.8 Å². The number of fused-ring (bicyclic) bond motifs is 2. The molecule has 4 aromatic rings. The number of nitrogens with zero attached hydrogens (tertiary/aromatic N) is 5. The minimum absolute atomic E-state index is 0.233. The third kappa shape index (κ3) is 3.68. The average molecular weight is 444 g/mol. The first-order valence-corrected chi connectivity index (χ1v) is 10.9. The second-order valence-corrected chi connectivity index (χ2v) is 8.64. The van der Waals surface area contributed by atoms with Gasteiger partial charge in [-0.3, -0.25) is 9.48 Å². The van der Waals surface area contributed by atoms with Crippen LogP contribution in [-0.2, 0) is 10.3 Å². The molecule has 1 unspecified atom stereocenters. The zero-order valence-corrected chi connectivity index (χ0v) is 18.6. The Kier molecular flexibility index (Phi) is 5.23. The van der Waals surface area contributed by atoms with Gasteiger partial charge >= 0.3 is 0 Å². The molecule has 1 saturated heterocycles. The molecule has 168 valence electrons. The minimum Gasteiger partial charge on any atom is -0.379 e. The maximum absolute atomic E-state index is 12.8. The van der Waals surface area contributed by atoms with Crippen LogP contribution in [0.1, 0.15) is 19.3 Å². The van der Waals surface area contributed by atoms with Crippen molar-refractivity contribution < 1.29 is 4.74 Å². The standard InChI is InChI=1S/C24H25N7O2/c1-30(2)20-7-4-16-14-17(5-6-18(16)28-20)27-22-21-19(8-12-26-23(21)32)31(29-22)24(10-11-25)9-3-13-33-15-24/h4-8,12,14H,3,9-10,13,15H2,1-2H3,(H,26,32)(H,27,29). The van der Waals surface area contributed by atoms with Crippen molar-refractivity contribution >= 4 is 39.1 Å². The second-order valence-electron chi connectivity index (χ2n) is 8.64. The molecule has 3 aromatic heterocycles. The number of anilines is 3. The Balaban J connectivity index is 1.60. The van der Waals surface area contributed by atoms with Gasteiger partial charge in [0, 0.05) is 38.0 Å². The molecule has 33 heavy (non-hydrogen) atoms. The molecular weight excluding hydrogens is 418 g/mol. The Morgan fingerprint density at radius 2 is 2.18 bits per heavy atom. The first-order valence-electron chi connectivity index (χ1n) is 10.9. The van der Waals surface area contributed by atoms with Crippen molar-refractivity contribution in [2.24, 2.45) is 0 Å². The van der Waals surface area contributed by atoms with Gasteiger partial charge in [0.15, 0.2) is 5.82 Å². The van der Waals surface area contributed by atoms with Crippen LogP contribution in [0.25, 0.3) is 21.8 Å². The summed E-state index contributed by atoms with van der Waals surface area (Å²) in [6.45, 7) is 1.05. The highest BCUT2D eigenvalue weighted by atomic mass is 16.5. The molecule has 9 heteroatoms. The van der Waals surface area contributed by atoms with E-state index >= 15 is 0 Å². The summed E-state index contributed by atoms with van der Waals surface area (Å²) in [6, 6.07) is 14.0. The molecule has 1 fully saturated rings. The predicted octanol–water partition coefficient (Wildman–Crippen LogP) is 3.50. The van der Waals surface area contributed by atoms with Crippen LogP contribution in [0.3, 0.4) is 0 Å². The first-order chi connectivity index (χ1) is 16.0. The molecule has 2 N–H and O–H groups in total. The SMILES string of the molecule is CN(C)c1ccc2cc(Nc3nn(C4(CC#N)CCCOC4)c4cc[nH]c(=O)c34)ccc2n1. The summed E-state index contributed by atoms with van der Waals surface area (Å²) < 4.78 is 7.56. The number of rotatable bonds is 5. The molecule has 0 saturated carbocycles.